The molecule has 1 aromatic heterocycles. The molecular formula is C23H24ClN3O2. The second-order valence-electron chi connectivity index (χ2n) is 7.09. The van der Waals surface area contributed by atoms with Gasteiger partial charge < -0.3 is 14.5 Å². The monoisotopic (exact) mass is 409 g/mol. The second kappa shape index (κ2) is 8.80. The zero-order chi connectivity index (χ0) is 20.2. The second-order valence-corrected chi connectivity index (χ2v) is 7.52. The summed E-state index contributed by atoms with van der Waals surface area (Å²) in [7, 11) is 0. The molecule has 4 rings (SSSR count). The number of carbonyl (C=O) groups excluding carboxylic acids is 1. The predicted molar refractivity (Wildman–Crippen MR) is 117 cm³/mol. The first-order valence-corrected chi connectivity index (χ1v) is 10.3. The van der Waals surface area contributed by atoms with Crippen molar-refractivity contribution >= 4 is 34.1 Å². The van der Waals surface area contributed by atoms with Gasteiger partial charge in [0.25, 0.3) is 5.91 Å². The number of anilines is 1. The maximum Gasteiger partial charge on any atom is 0.257 e. The third kappa shape index (κ3) is 4.21. The van der Waals surface area contributed by atoms with Crippen molar-refractivity contribution in [2.45, 2.75) is 13.5 Å². The van der Waals surface area contributed by atoms with E-state index in [0.29, 0.717) is 43.4 Å². The van der Waals surface area contributed by atoms with Crippen LogP contribution in [-0.4, -0.2) is 48.6 Å². The Labute approximate surface area is 175 Å². The molecule has 2 aromatic carbocycles. The average Bonchev–Trinajstić information content (AvgIpc) is 2.77. The summed E-state index contributed by atoms with van der Waals surface area (Å²) in [6.07, 6.45) is 1.71. The number of halogens is 1. The van der Waals surface area contributed by atoms with Crippen LogP contribution in [0.5, 0.6) is 0 Å². The zero-order valence-corrected chi connectivity index (χ0v) is 17.2. The summed E-state index contributed by atoms with van der Waals surface area (Å²) in [6.45, 7) is 5.87. The number of fused-ring (bicyclic) bond motifs is 1. The van der Waals surface area contributed by atoms with Crippen LogP contribution in [0.2, 0.25) is 5.02 Å². The Morgan fingerprint density at radius 3 is 2.66 bits per heavy atom. The maximum atomic E-state index is 13.4. The predicted octanol–water partition coefficient (Wildman–Crippen LogP) is 4.39. The molecule has 2 heterocycles. The molecule has 1 aliphatic rings. The first-order valence-electron chi connectivity index (χ1n) is 9.91. The summed E-state index contributed by atoms with van der Waals surface area (Å²) in [5.41, 5.74) is 3.51. The van der Waals surface area contributed by atoms with E-state index in [1.807, 2.05) is 41.3 Å². The van der Waals surface area contributed by atoms with Gasteiger partial charge in [0.1, 0.15) is 0 Å². The number of nitrogens with zero attached hydrogens (tertiary/aromatic N) is 3. The third-order valence-corrected chi connectivity index (χ3v) is 5.48. The summed E-state index contributed by atoms with van der Waals surface area (Å²) in [5, 5.41) is 1.53. The molecule has 0 N–H and O–H groups in total. The fourth-order valence-electron chi connectivity index (χ4n) is 3.74. The summed E-state index contributed by atoms with van der Waals surface area (Å²) in [6, 6.07) is 15.9. The largest absolute Gasteiger partial charge is 0.378 e. The van der Waals surface area contributed by atoms with E-state index in [9.17, 15) is 4.79 Å². The molecule has 3 aromatic rings. The standard InChI is InChI=1S/C23H24ClN3O2/c1-2-26(16-17-6-4-3-5-7-17)22-19-14-18(24)8-9-21(19)25-15-20(22)23(28)27-10-12-29-13-11-27/h3-9,14-15H,2,10-13,16H2,1H3. The van der Waals surface area contributed by atoms with Gasteiger partial charge >= 0.3 is 0 Å². The van der Waals surface area contributed by atoms with E-state index in [-0.39, 0.29) is 5.91 Å². The number of hydrogen-bond acceptors (Lipinski definition) is 4. The van der Waals surface area contributed by atoms with Gasteiger partial charge in [0, 0.05) is 42.8 Å². The molecule has 0 radical (unpaired) electrons. The summed E-state index contributed by atoms with van der Waals surface area (Å²) >= 11 is 6.32. The van der Waals surface area contributed by atoms with Crippen LogP contribution in [0.1, 0.15) is 22.8 Å². The number of morpholine rings is 1. The van der Waals surface area contributed by atoms with Crippen molar-refractivity contribution in [1.29, 1.82) is 0 Å². The molecule has 1 fully saturated rings. The topological polar surface area (TPSA) is 45.7 Å². The van der Waals surface area contributed by atoms with Crippen molar-refractivity contribution in [2.75, 3.05) is 37.7 Å². The van der Waals surface area contributed by atoms with Crippen LogP contribution < -0.4 is 4.90 Å². The van der Waals surface area contributed by atoms with E-state index in [1.54, 1.807) is 6.20 Å². The Morgan fingerprint density at radius 2 is 1.93 bits per heavy atom. The molecule has 0 aliphatic carbocycles. The number of rotatable bonds is 5. The number of aromatic nitrogens is 1. The number of amides is 1. The number of hydrogen-bond donors (Lipinski definition) is 0. The minimum Gasteiger partial charge on any atom is -0.378 e. The van der Waals surface area contributed by atoms with Gasteiger partial charge in [-0.3, -0.25) is 9.78 Å². The van der Waals surface area contributed by atoms with E-state index in [4.69, 9.17) is 16.3 Å². The molecule has 0 bridgehead atoms. The summed E-state index contributed by atoms with van der Waals surface area (Å²) in [5.74, 6) is -0.0100. The van der Waals surface area contributed by atoms with Gasteiger partial charge in [-0.1, -0.05) is 41.9 Å². The fraction of sp³-hybridized carbons (Fsp3) is 0.304. The van der Waals surface area contributed by atoms with Crippen molar-refractivity contribution in [3.8, 4) is 0 Å². The summed E-state index contributed by atoms with van der Waals surface area (Å²) < 4.78 is 5.41. The molecule has 150 valence electrons. The maximum absolute atomic E-state index is 13.4. The molecule has 0 unspecified atom stereocenters. The van der Waals surface area contributed by atoms with Crippen molar-refractivity contribution < 1.29 is 9.53 Å². The van der Waals surface area contributed by atoms with Gasteiger partial charge in [-0.15, -0.1) is 0 Å². The lowest BCUT2D eigenvalue weighted by atomic mass is 10.1. The van der Waals surface area contributed by atoms with E-state index in [1.165, 1.54) is 5.56 Å². The fourth-order valence-corrected chi connectivity index (χ4v) is 3.91. The van der Waals surface area contributed by atoms with Crippen LogP contribution in [-0.2, 0) is 11.3 Å². The van der Waals surface area contributed by atoms with Crippen molar-refractivity contribution in [1.82, 2.24) is 9.88 Å². The highest BCUT2D eigenvalue weighted by Gasteiger charge is 2.25. The molecule has 5 nitrogen and oxygen atoms in total. The smallest absolute Gasteiger partial charge is 0.257 e. The van der Waals surface area contributed by atoms with Gasteiger partial charge in [-0.2, -0.15) is 0 Å². The van der Waals surface area contributed by atoms with Gasteiger partial charge in [-0.05, 0) is 30.7 Å². The Bertz CT molecular complexity index is 1000. The summed E-state index contributed by atoms with van der Waals surface area (Å²) in [4.78, 5) is 22.0. The van der Waals surface area contributed by atoms with E-state index < -0.39 is 0 Å². The quantitative estimate of drug-likeness (QED) is 0.627. The highest BCUT2D eigenvalue weighted by molar-refractivity contribution is 6.31. The lowest BCUT2D eigenvalue weighted by Gasteiger charge is -2.31. The highest BCUT2D eigenvalue weighted by Crippen LogP contribution is 2.33. The third-order valence-electron chi connectivity index (χ3n) is 5.24. The molecule has 29 heavy (non-hydrogen) atoms. The van der Waals surface area contributed by atoms with Crippen LogP contribution >= 0.6 is 11.6 Å². The molecular weight excluding hydrogens is 386 g/mol. The van der Waals surface area contributed by atoms with E-state index in [0.717, 1.165) is 23.1 Å². The molecule has 1 amide bonds. The Balaban J connectivity index is 1.83. The van der Waals surface area contributed by atoms with Crippen LogP contribution in [0.25, 0.3) is 10.9 Å². The number of pyridine rings is 1. The molecule has 1 saturated heterocycles. The highest BCUT2D eigenvalue weighted by atomic mass is 35.5. The minimum absolute atomic E-state index is 0.0100. The van der Waals surface area contributed by atoms with Crippen LogP contribution in [0.3, 0.4) is 0 Å². The van der Waals surface area contributed by atoms with Gasteiger partial charge in [0.2, 0.25) is 0 Å². The van der Waals surface area contributed by atoms with Gasteiger partial charge in [-0.25, -0.2) is 0 Å². The Hall–Kier alpha value is -2.63. The average molecular weight is 410 g/mol. The van der Waals surface area contributed by atoms with Crippen LogP contribution in [0.4, 0.5) is 5.69 Å². The van der Waals surface area contributed by atoms with E-state index in [2.05, 4.69) is 28.9 Å². The first-order chi connectivity index (χ1) is 14.2. The Kier molecular flexibility index (Phi) is 5.97. The Morgan fingerprint density at radius 1 is 1.17 bits per heavy atom. The van der Waals surface area contributed by atoms with Crippen molar-refractivity contribution in [3.05, 3.63) is 70.9 Å². The first kappa shape index (κ1) is 19.7. The van der Waals surface area contributed by atoms with Crippen LogP contribution in [0.15, 0.2) is 54.7 Å². The normalized spacial score (nSPS) is 14.2. The van der Waals surface area contributed by atoms with Gasteiger partial charge in [0.05, 0.1) is 30.0 Å². The lowest BCUT2D eigenvalue weighted by Crippen LogP contribution is -2.41. The zero-order valence-electron chi connectivity index (χ0n) is 16.5. The van der Waals surface area contributed by atoms with E-state index >= 15 is 0 Å². The molecule has 0 saturated carbocycles. The van der Waals surface area contributed by atoms with Crippen LogP contribution in [0, 0.1) is 0 Å². The molecule has 6 heteroatoms. The number of ether oxygens (including phenoxy) is 1. The SMILES string of the molecule is CCN(Cc1ccccc1)c1c(C(=O)N2CCOCC2)cnc2ccc(Cl)cc12. The molecule has 0 spiro atoms. The van der Waals surface area contributed by atoms with Gasteiger partial charge in [0.15, 0.2) is 0 Å². The van der Waals surface area contributed by atoms with Crippen molar-refractivity contribution in [2.24, 2.45) is 0 Å². The number of benzene rings is 2. The van der Waals surface area contributed by atoms with Crippen molar-refractivity contribution in [3.63, 3.8) is 0 Å². The molecule has 1 aliphatic heterocycles. The molecule has 0 atom stereocenters. The number of carbonyl (C=O) groups is 1. The lowest BCUT2D eigenvalue weighted by molar-refractivity contribution is 0.0303. The minimum atomic E-state index is -0.0100.